The fraction of sp³-hybridized carbons (Fsp3) is 0.233. The zero-order valence-electron chi connectivity index (χ0n) is 20.3. The molecule has 6 heteroatoms. The molecule has 4 aromatic rings. The minimum atomic E-state index is -3.78. The van der Waals surface area contributed by atoms with Crippen LogP contribution in [0.3, 0.4) is 0 Å². The average Bonchev–Trinajstić information content (AvgIpc) is 2.93. The second kappa shape index (κ2) is 11.2. The van der Waals surface area contributed by atoms with E-state index in [0.29, 0.717) is 18.0 Å². The van der Waals surface area contributed by atoms with Crippen LogP contribution < -0.4 is 5.32 Å². The molecule has 5 nitrogen and oxygen atoms in total. The smallest absolute Gasteiger partial charge is 0.243 e. The Morgan fingerprint density at radius 3 is 2.28 bits per heavy atom. The number of aryl methyl sites for hydroxylation is 1. The molecule has 1 atom stereocenters. The molecule has 1 aliphatic carbocycles. The Hall–Kier alpha value is -3.32. The Morgan fingerprint density at radius 1 is 0.806 bits per heavy atom. The van der Waals surface area contributed by atoms with Gasteiger partial charge in [-0.2, -0.15) is 4.31 Å². The summed E-state index contributed by atoms with van der Waals surface area (Å²) in [6.07, 6.45) is 4.40. The fourth-order valence-corrected chi connectivity index (χ4v) is 6.57. The average molecular weight is 498 g/mol. The van der Waals surface area contributed by atoms with Crippen LogP contribution in [0, 0.1) is 0 Å². The summed E-state index contributed by atoms with van der Waals surface area (Å²) in [4.78, 5) is 4.96. The Bertz CT molecular complexity index is 1390. The number of hydrogen-bond acceptors (Lipinski definition) is 4. The summed E-state index contributed by atoms with van der Waals surface area (Å²) in [5.41, 5.74) is 5.11. The largest absolute Gasteiger partial charge is 0.309 e. The fourth-order valence-electron chi connectivity index (χ4n) is 4.89. The van der Waals surface area contributed by atoms with Crippen molar-refractivity contribution in [3.8, 4) is 0 Å². The molecule has 5 rings (SSSR count). The van der Waals surface area contributed by atoms with Crippen molar-refractivity contribution in [1.82, 2.24) is 14.6 Å². The van der Waals surface area contributed by atoms with E-state index in [1.54, 1.807) is 22.6 Å². The standard InChI is InChI=1S/C30H31N3O2S/c34-36(35,28-17-7-14-26(20-28)22-31-21-24-10-3-1-4-11-24)33(23-25-12-5-2-6-13-25)29-18-8-15-27-16-9-19-32-30(27)29/h1-7,9-14,16-17,19-20,29,31H,8,15,18,21-23H2. The first-order chi connectivity index (χ1) is 17.6. The van der Waals surface area contributed by atoms with Crippen molar-refractivity contribution >= 4 is 10.0 Å². The molecule has 0 fully saturated rings. The van der Waals surface area contributed by atoms with E-state index in [1.165, 1.54) is 5.56 Å². The van der Waals surface area contributed by atoms with Crippen molar-refractivity contribution in [2.45, 2.75) is 49.8 Å². The van der Waals surface area contributed by atoms with Gasteiger partial charge in [-0.3, -0.25) is 4.98 Å². The summed E-state index contributed by atoms with van der Waals surface area (Å²) in [5, 5.41) is 3.42. The molecule has 0 amide bonds. The normalized spacial score (nSPS) is 15.5. The van der Waals surface area contributed by atoms with Gasteiger partial charge in [0.15, 0.2) is 0 Å². The van der Waals surface area contributed by atoms with E-state index in [4.69, 9.17) is 0 Å². The molecule has 0 radical (unpaired) electrons. The number of nitrogens with zero attached hydrogens (tertiary/aromatic N) is 2. The molecule has 0 bridgehead atoms. The van der Waals surface area contributed by atoms with Gasteiger partial charge in [-0.05, 0) is 59.7 Å². The summed E-state index contributed by atoms with van der Waals surface area (Å²) in [6, 6.07) is 31.0. The van der Waals surface area contributed by atoms with Crippen LogP contribution in [0.25, 0.3) is 0 Å². The number of pyridine rings is 1. The van der Waals surface area contributed by atoms with Gasteiger partial charge in [0.1, 0.15) is 0 Å². The molecule has 3 aromatic carbocycles. The Balaban J connectivity index is 1.44. The molecule has 1 N–H and O–H groups in total. The molecule has 0 saturated heterocycles. The lowest BCUT2D eigenvalue weighted by Gasteiger charge is -2.34. The summed E-state index contributed by atoms with van der Waals surface area (Å²) < 4.78 is 30.0. The highest BCUT2D eigenvalue weighted by Gasteiger charge is 2.36. The number of aromatic nitrogens is 1. The van der Waals surface area contributed by atoms with E-state index in [-0.39, 0.29) is 6.04 Å². The molecule has 0 saturated carbocycles. The van der Waals surface area contributed by atoms with Gasteiger partial charge >= 0.3 is 0 Å². The monoisotopic (exact) mass is 497 g/mol. The number of sulfonamides is 1. The first-order valence-corrected chi connectivity index (χ1v) is 13.9. The highest BCUT2D eigenvalue weighted by Crippen LogP contribution is 2.37. The van der Waals surface area contributed by atoms with Crippen molar-refractivity contribution in [2.75, 3.05) is 0 Å². The second-order valence-corrected chi connectivity index (χ2v) is 11.1. The minimum absolute atomic E-state index is 0.292. The van der Waals surface area contributed by atoms with Gasteiger partial charge in [0.2, 0.25) is 10.0 Å². The van der Waals surface area contributed by atoms with E-state index < -0.39 is 10.0 Å². The Labute approximate surface area is 213 Å². The van der Waals surface area contributed by atoms with E-state index >= 15 is 0 Å². The summed E-state index contributed by atoms with van der Waals surface area (Å²) >= 11 is 0. The van der Waals surface area contributed by atoms with E-state index in [0.717, 1.165) is 48.2 Å². The highest BCUT2D eigenvalue weighted by atomic mass is 32.2. The third-order valence-corrected chi connectivity index (χ3v) is 8.55. The van der Waals surface area contributed by atoms with Crippen LogP contribution in [0.5, 0.6) is 0 Å². The van der Waals surface area contributed by atoms with E-state index in [2.05, 4.69) is 28.5 Å². The molecule has 0 spiro atoms. The molecule has 184 valence electrons. The number of rotatable bonds is 9. The Kier molecular flexibility index (Phi) is 7.56. The second-order valence-electron chi connectivity index (χ2n) is 9.23. The van der Waals surface area contributed by atoms with Crippen LogP contribution in [0.1, 0.15) is 46.8 Å². The van der Waals surface area contributed by atoms with Crippen molar-refractivity contribution in [3.05, 3.63) is 131 Å². The maximum atomic E-state index is 14.2. The number of hydrogen-bond donors (Lipinski definition) is 1. The lowest BCUT2D eigenvalue weighted by atomic mass is 9.92. The van der Waals surface area contributed by atoms with Gasteiger partial charge < -0.3 is 5.32 Å². The van der Waals surface area contributed by atoms with Crippen LogP contribution in [0.2, 0.25) is 0 Å². The molecular weight excluding hydrogens is 466 g/mol. The molecule has 1 unspecified atom stereocenters. The van der Waals surface area contributed by atoms with Crippen molar-refractivity contribution in [3.63, 3.8) is 0 Å². The first-order valence-electron chi connectivity index (χ1n) is 12.4. The van der Waals surface area contributed by atoms with Gasteiger partial charge in [-0.15, -0.1) is 0 Å². The topological polar surface area (TPSA) is 62.3 Å². The number of nitrogens with one attached hydrogen (secondary N) is 1. The number of fused-ring (bicyclic) bond motifs is 1. The van der Waals surface area contributed by atoms with Crippen LogP contribution in [0.15, 0.2) is 108 Å². The molecule has 1 aromatic heterocycles. The maximum Gasteiger partial charge on any atom is 0.243 e. The number of benzene rings is 3. The predicted molar refractivity (Wildman–Crippen MR) is 143 cm³/mol. The Morgan fingerprint density at radius 2 is 1.50 bits per heavy atom. The van der Waals surface area contributed by atoms with Crippen molar-refractivity contribution < 1.29 is 8.42 Å². The molecule has 0 aliphatic heterocycles. The lowest BCUT2D eigenvalue weighted by molar-refractivity contribution is 0.281. The first kappa shape index (κ1) is 24.4. The van der Waals surface area contributed by atoms with Crippen LogP contribution in [0.4, 0.5) is 0 Å². The summed E-state index contributed by atoms with van der Waals surface area (Å²) in [5.74, 6) is 0. The van der Waals surface area contributed by atoms with Gasteiger partial charge in [0.05, 0.1) is 16.6 Å². The maximum absolute atomic E-state index is 14.2. The minimum Gasteiger partial charge on any atom is -0.309 e. The zero-order valence-corrected chi connectivity index (χ0v) is 21.1. The zero-order chi connectivity index (χ0) is 24.8. The molecule has 1 heterocycles. The highest BCUT2D eigenvalue weighted by molar-refractivity contribution is 7.89. The van der Waals surface area contributed by atoms with Crippen molar-refractivity contribution in [2.24, 2.45) is 0 Å². The van der Waals surface area contributed by atoms with Gasteiger partial charge in [0.25, 0.3) is 0 Å². The van der Waals surface area contributed by atoms with Gasteiger partial charge in [0, 0.05) is 25.8 Å². The van der Waals surface area contributed by atoms with Gasteiger partial charge in [-0.1, -0.05) is 78.9 Å². The van der Waals surface area contributed by atoms with Gasteiger partial charge in [-0.25, -0.2) is 8.42 Å². The summed E-state index contributed by atoms with van der Waals surface area (Å²) in [7, 11) is -3.78. The molecular formula is C30H31N3O2S. The third kappa shape index (κ3) is 5.57. The van der Waals surface area contributed by atoms with E-state index in [1.807, 2.05) is 66.7 Å². The quantitative estimate of drug-likeness (QED) is 0.325. The van der Waals surface area contributed by atoms with Crippen LogP contribution in [-0.2, 0) is 36.1 Å². The lowest BCUT2D eigenvalue weighted by Crippen LogP contribution is -2.36. The van der Waals surface area contributed by atoms with E-state index in [9.17, 15) is 8.42 Å². The predicted octanol–water partition coefficient (Wildman–Crippen LogP) is 5.64. The third-order valence-electron chi connectivity index (χ3n) is 6.70. The van der Waals surface area contributed by atoms with Crippen molar-refractivity contribution in [1.29, 1.82) is 0 Å². The SMILES string of the molecule is O=S(=O)(c1cccc(CNCc2ccccc2)c1)N(Cc1ccccc1)C1CCCc2cccnc21. The summed E-state index contributed by atoms with van der Waals surface area (Å²) in [6.45, 7) is 1.62. The molecule has 1 aliphatic rings. The van der Waals surface area contributed by atoms with Crippen LogP contribution >= 0.6 is 0 Å². The van der Waals surface area contributed by atoms with Crippen LogP contribution in [-0.4, -0.2) is 17.7 Å². The molecule has 36 heavy (non-hydrogen) atoms.